The molecule has 0 aliphatic carbocycles. The van der Waals surface area contributed by atoms with Gasteiger partial charge in [0.05, 0.1) is 47.6 Å². The van der Waals surface area contributed by atoms with Crippen LogP contribution in [0.1, 0.15) is 38.1 Å². The molecule has 1 aliphatic heterocycles. The first-order valence-electron chi connectivity index (χ1n) is 14.1. The lowest BCUT2D eigenvalue weighted by atomic mass is 9.93. The Morgan fingerprint density at radius 2 is 1.78 bits per heavy atom. The number of hydrogen-bond acceptors (Lipinski definition) is 10. The van der Waals surface area contributed by atoms with Crippen molar-refractivity contribution in [3.8, 4) is 28.6 Å². The number of ether oxygens (including phenoxy) is 3. The van der Waals surface area contributed by atoms with Gasteiger partial charge >= 0.3 is 0 Å². The molecule has 0 spiro atoms. The summed E-state index contributed by atoms with van der Waals surface area (Å²) in [6, 6.07) is 11.9. The van der Waals surface area contributed by atoms with Crippen LogP contribution in [0, 0.1) is 10.1 Å². The maximum absolute atomic E-state index is 14.2. The molecule has 0 N–H and O–H groups in total. The molecule has 1 amide bonds. The number of fused-ring (bicyclic) bond motifs is 1. The summed E-state index contributed by atoms with van der Waals surface area (Å²) in [4.78, 5) is 45.8. The summed E-state index contributed by atoms with van der Waals surface area (Å²) in [5.41, 5.74) is 1.34. The number of hydrogen-bond donors (Lipinski definition) is 0. The van der Waals surface area contributed by atoms with E-state index in [2.05, 4.69) is 0 Å². The third kappa shape index (κ3) is 5.74. The second kappa shape index (κ2) is 12.8. The molecule has 1 atom stereocenters. The van der Waals surface area contributed by atoms with E-state index in [0.29, 0.717) is 73.6 Å². The fraction of sp³-hybridized carbons (Fsp3) is 0.281. The lowest BCUT2D eigenvalue weighted by Crippen LogP contribution is -2.43. The molecule has 0 saturated carbocycles. The molecule has 2 aromatic carbocycles. The Morgan fingerprint density at radius 3 is 2.42 bits per heavy atom. The highest BCUT2D eigenvalue weighted by Crippen LogP contribution is 2.38. The number of amides is 1. The predicted molar refractivity (Wildman–Crippen MR) is 169 cm³/mol. The number of carbonyl (C=O) groups excluding carboxylic acids is 1. The lowest BCUT2D eigenvalue weighted by Gasteiger charge is -2.30. The fourth-order valence-electron chi connectivity index (χ4n) is 5.33. The molecule has 3 heterocycles. The van der Waals surface area contributed by atoms with Crippen molar-refractivity contribution < 1.29 is 28.3 Å². The number of allylic oxidation sites excluding steroid dienone is 1. The van der Waals surface area contributed by atoms with E-state index in [1.165, 1.54) is 37.0 Å². The summed E-state index contributed by atoms with van der Waals surface area (Å²) in [6.07, 6.45) is 1.59. The lowest BCUT2D eigenvalue weighted by molar-refractivity contribution is -0.384. The molecule has 0 unspecified atom stereocenters. The van der Waals surface area contributed by atoms with Gasteiger partial charge in [-0.05, 0) is 57.2 Å². The highest BCUT2D eigenvalue weighted by Gasteiger charge is 2.36. The van der Waals surface area contributed by atoms with Crippen LogP contribution < -0.4 is 29.1 Å². The van der Waals surface area contributed by atoms with Crippen molar-refractivity contribution in [3.05, 3.63) is 101 Å². The molecular weight excluding hydrogens is 600 g/mol. The number of benzene rings is 2. The van der Waals surface area contributed by atoms with Gasteiger partial charge in [0, 0.05) is 36.9 Å². The third-order valence-electron chi connectivity index (χ3n) is 7.59. The zero-order valence-corrected chi connectivity index (χ0v) is 26.5. The molecule has 234 valence electrons. The first-order valence-corrected chi connectivity index (χ1v) is 14.9. The number of non-ortho nitro benzene ring substituents is 1. The zero-order chi connectivity index (χ0) is 32.4. The van der Waals surface area contributed by atoms with Crippen LogP contribution in [0.25, 0.3) is 17.4 Å². The van der Waals surface area contributed by atoms with Crippen LogP contribution in [0.3, 0.4) is 0 Å². The number of nitro benzene ring substituents is 1. The fourth-order valence-corrected chi connectivity index (χ4v) is 6.36. The molecule has 2 aromatic heterocycles. The van der Waals surface area contributed by atoms with Gasteiger partial charge in [-0.25, -0.2) is 4.99 Å². The van der Waals surface area contributed by atoms with Crippen LogP contribution >= 0.6 is 11.3 Å². The maximum atomic E-state index is 14.2. The molecule has 0 radical (unpaired) electrons. The van der Waals surface area contributed by atoms with E-state index >= 15 is 0 Å². The SMILES string of the molecule is CCN(CC)C(=O)C1=C(C)N=c2s/c(=C/c3ccc(-c4cc([N+](=O)[O-])ccc4OC)o3)c(=O)n2[C@@H]1c1cc(OC)ccc1OC. The van der Waals surface area contributed by atoms with E-state index < -0.39 is 11.0 Å². The van der Waals surface area contributed by atoms with Crippen LogP contribution in [0.15, 0.2) is 74.0 Å². The number of rotatable bonds is 10. The summed E-state index contributed by atoms with van der Waals surface area (Å²) < 4.78 is 24.4. The standard InChI is InChI=1S/C32H32N4O8S/c1-7-34(8-2)31(38)28-18(3)33-32-35(29(28)23-16-20(41-4)10-13-25(23)43-6)30(37)27(45-32)17-21-11-14-26(44-21)22-15-19(36(39)40)9-12-24(22)42-5/h9-17,29H,7-8H2,1-6H3/b27-17+/t29-/m1/s1. The second-order valence-corrected chi connectivity index (χ2v) is 11.0. The van der Waals surface area contributed by atoms with E-state index in [4.69, 9.17) is 23.6 Å². The Bertz CT molecular complexity index is 2000. The number of nitrogens with zero attached hydrogens (tertiary/aromatic N) is 4. The Hall–Kier alpha value is -5.17. The monoisotopic (exact) mass is 632 g/mol. The summed E-state index contributed by atoms with van der Waals surface area (Å²) in [5.74, 6) is 1.86. The molecule has 0 fully saturated rings. The van der Waals surface area contributed by atoms with Crippen molar-refractivity contribution >= 4 is 29.0 Å². The predicted octanol–water partition coefficient (Wildman–Crippen LogP) is 4.30. The molecule has 45 heavy (non-hydrogen) atoms. The normalized spacial score (nSPS) is 14.5. The van der Waals surface area contributed by atoms with Crippen molar-refractivity contribution in [2.24, 2.45) is 4.99 Å². The van der Waals surface area contributed by atoms with Crippen LogP contribution in [0.5, 0.6) is 17.2 Å². The minimum atomic E-state index is -0.845. The second-order valence-electron chi connectivity index (χ2n) is 10.0. The Labute approximate surface area is 262 Å². The van der Waals surface area contributed by atoms with Gasteiger partial charge in [0.25, 0.3) is 17.2 Å². The minimum Gasteiger partial charge on any atom is -0.497 e. The van der Waals surface area contributed by atoms with Crippen molar-refractivity contribution in [2.75, 3.05) is 34.4 Å². The highest BCUT2D eigenvalue weighted by molar-refractivity contribution is 7.07. The Morgan fingerprint density at radius 1 is 1.07 bits per heavy atom. The van der Waals surface area contributed by atoms with Crippen LogP contribution in [-0.4, -0.2) is 54.7 Å². The average Bonchev–Trinajstić information content (AvgIpc) is 3.63. The van der Waals surface area contributed by atoms with Crippen molar-refractivity contribution in [2.45, 2.75) is 26.8 Å². The van der Waals surface area contributed by atoms with E-state index in [-0.39, 0.29) is 17.2 Å². The maximum Gasteiger partial charge on any atom is 0.271 e. The van der Waals surface area contributed by atoms with Crippen LogP contribution in [-0.2, 0) is 4.79 Å². The first kappa shape index (κ1) is 31.3. The van der Waals surface area contributed by atoms with Gasteiger partial charge in [-0.1, -0.05) is 11.3 Å². The van der Waals surface area contributed by atoms with Crippen LogP contribution in [0.4, 0.5) is 5.69 Å². The van der Waals surface area contributed by atoms with E-state index in [9.17, 15) is 19.7 Å². The summed E-state index contributed by atoms with van der Waals surface area (Å²) in [6.45, 7) is 6.52. The molecule has 0 bridgehead atoms. The average molecular weight is 633 g/mol. The molecule has 0 saturated heterocycles. The van der Waals surface area contributed by atoms with Gasteiger partial charge in [0.15, 0.2) is 4.80 Å². The summed E-state index contributed by atoms with van der Waals surface area (Å²) >= 11 is 1.16. The number of likely N-dealkylation sites (N-methyl/N-ethyl adjacent to an activating group) is 1. The topological polar surface area (TPSA) is 139 Å². The quantitative estimate of drug-likeness (QED) is 0.186. The van der Waals surface area contributed by atoms with Gasteiger partial charge in [-0.2, -0.15) is 0 Å². The molecule has 12 nitrogen and oxygen atoms in total. The zero-order valence-electron chi connectivity index (χ0n) is 25.7. The largest absolute Gasteiger partial charge is 0.497 e. The number of thiazole rings is 1. The van der Waals surface area contributed by atoms with E-state index in [1.807, 2.05) is 13.8 Å². The van der Waals surface area contributed by atoms with Gasteiger partial charge in [0.1, 0.15) is 34.8 Å². The Balaban J connectivity index is 1.69. The van der Waals surface area contributed by atoms with Crippen LogP contribution in [0.2, 0.25) is 0 Å². The summed E-state index contributed by atoms with van der Waals surface area (Å²) in [5, 5.41) is 11.4. The first-order chi connectivity index (χ1) is 21.6. The number of carbonyl (C=O) groups is 1. The van der Waals surface area contributed by atoms with Gasteiger partial charge in [-0.15, -0.1) is 0 Å². The Kier molecular flexibility index (Phi) is 8.91. The highest BCUT2D eigenvalue weighted by atomic mass is 32.1. The minimum absolute atomic E-state index is 0.115. The van der Waals surface area contributed by atoms with Crippen molar-refractivity contribution in [1.82, 2.24) is 9.47 Å². The van der Waals surface area contributed by atoms with Gasteiger partial charge in [0.2, 0.25) is 0 Å². The summed E-state index contributed by atoms with van der Waals surface area (Å²) in [7, 11) is 4.54. The number of furan rings is 1. The molecule has 4 aromatic rings. The van der Waals surface area contributed by atoms with E-state index in [1.54, 1.807) is 55.3 Å². The smallest absolute Gasteiger partial charge is 0.271 e. The number of methoxy groups -OCH3 is 3. The number of nitro groups is 1. The van der Waals surface area contributed by atoms with Gasteiger partial charge < -0.3 is 23.5 Å². The molecule has 5 rings (SSSR count). The van der Waals surface area contributed by atoms with Crippen molar-refractivity contribution in [3.63, 3.8) is 0 Å². The molecule has 13 heteroatoms. The van der Waals surface area contributed by atoms with Gasteiger partial charge in [-0.3, -0.25) is 24.3 Å². The van der Waals surface area contributed by atoms with E-state index in [0.717, 1.165) is 11.3 Å². The third-order valence-corrected chi connectivity index (χ3v) is 8.58. The molecular formula is C32H32N4O8S. The van der Waals surface area contributed by atoms with Crippen molar-refractivity contribution in [1.29, 1.82) is 0 Å². The number of aromatic nitrogens is 1. The molecule has 1 aliphatic rings.